The number of nitrogens with zero attached hydrogens (tertiary/aromatic N) is 2. The van der Waals surface area contributed by atoms with Gasteiger partial charge >= 0.3 is 0 Å². The monoisotopic (exact) mass is 537 g/mol. The number of benzene rings is 3. The summed E-state index contributed by atoms with van der Waals surface area (Å²) < 4.78 is 18.2. The molecular weight excluding hydrogens is 510 g/mol. The quantitative estimate of drug-likeness (QED) is 0.195. The number of amides is 1. The summed E-state index contributed by atoms with van der Waals surface area (Å²) in [5.41, 5.74) is 3.89. The van der Waals surface area contributed by atoms with E-state index >= 15 is 0 Å². The lowest BCUT2D eigenvalue weighted by Crippen LogP contribution is -2.30. The van der Waals surface area contributed by atoms with Crippen LogP contribution in [0.3, 0.4) is 0 Å². The lowest BCUT2D eigenvalue weighted by Gasteiger charge is -2.10. The number of carbonyl (C=O) groups excluding carboxylic acids is 1. The van der Waals surface area contributed by atoms with Gasteiger partial charge in [0.2, 0.25) is 0 Å². The minimum absolute atomic E-state index is 0.0576. The Kier molecular flexibility index (Phi) is 8.98. The Morgan fingerprint density at radius 3 is 2.05 bits per heavy atom. The van der Waals surface area contributed by atoms with Crippen molar-refractivity contribution in [3.63, 3.8) is 0 Å². The number of thioether (sulfide) groups is 1. The number of methoxy groups -OCH3 is 2. The number of rotatable bonds is 11. The first-order valence-electron chi connectivity index (χ1n) is 11.6. The molecule has 0 atom stereocenters. The molecule has 0 fully saturated rings. The van der Waals surface area contributed by atoms with Crippen molar-refractivity contribution in [3.05, 3.63) is 77.8 Å². The SMILES string of the molecule is COc1ccc(-c2nc(SCCNC(=O)COc3ccc(Cl)cc3)n(C)c2-c2ccc(OC)cc2)cc1. The average Bonchev–Trinajstić information content (AvgIpc) is 3.26. The molecule has 0 radical (unpaired) electrons. The summed E-state index contributed by atoms with van der Waals surface area (Å²) in [7, 11) is 5.30. The van der Waals surface area contributed by atoms with Crippen molar-refractivity contribution in [1.82, 2.24) is 14.9 Å². The first-order valence-corrected chi connectivity index (χ1v) is 13.0. The van der Waals surface area contributed by atoms with Crippen molar-refractivity contribution < 1.29 is 19.0 Å². The Hall–Kier alpha value is -3.62. The zero-order chi connectivity index (χ0) is 26.2. The second-order valence-electron chi connectivity index (χ2n) is 8.05. The summed E-state index contributed by atoms with van der Waals surface area (Å²) in [4.78, 5) is 17.1. The van der Waals surface area contributed by atoms with E-state index in [-0.39, 0.29) is 12.5 Å². The van der Waals surface area contributed by atoms with E-state index in [4.69, 9.17) is 30.8 Å². The van der Waals surface area contributed by atoms with Crippen LogP contribution in [-0.2, 0) is 11.8 Å². The number of hydrogen-bond acceptors (Lipinski definition) is 6. The first kappa shape index (κ1) is 26.4. The Morgan fingerprint density at radius 1 is 0.892 bits per heavy atom. The van der Waals surface area contributed by atoms with Crippen LogP contribution < -0.4 is 19.5 Å². The van der Waals surface area contributed by atoms with Gasteiger partial charge in [-0.2, -0.15) is 0 Å². The van der Waals surface area contributed by atoms with Crippen molar-refractivity contribution in [1.29, 1.82) is 0 Å². The largest absolute Gasteiger partial charge is 0.497 e. The van der Waals surface area contributed by atoms with Crippen LogP contribution in [0.4, 0.5) is 0 Å². The predicted octanol–water partition coefficient (Wildman–Crippen LogP) is 5.71. The van der Waals surface area contributed by atoms with Crippen LogP contribution in [0.15, 0.2) is 78.0 Å². The molecular formula is C28H28ClN3O4S. The molecule has 0 aliphatic rings. The van der Waals surface area contributed by atoms with Gasteiger partial charge in [-0.1, -0.05) is 23.4 Å². The van der Waals surface area contributed by atoms with E-state index in [9.17, 15) is 4.79 Å². The van der Waals surface area contributed by atoms with Gasteiger partial charge in [-0.05, 0) is 72.8 Å². The maximum Gasteiger partial charge on any atom is 0.257 e. The number of halogens is 1. The Balaban J connectivity index is 1.43. The lowest BCUT2D eigenvalue weighted by atomic mass is 10.0. The molecule has 0 bridgehead atoms. The number of aromatic nitrogens is 2. The van der Waals surface area contributed by atoms with Crippen molar-refractivity contribution >= 4 is 29.3 Å². The molecule has 0 saturated carbocycles. The highest BCUT2D eigenvalue weighted by Crippen LogP contribution is 2.36. The number of hydrogen-bond donors (Lipinski definition) is 1. The van der Waals surface area contributed by atoms with Gasteiger partial charge in [-0.25, -0.2) is 4.98 Å². The second kappa shape index (κ2) is 12.6. The zero-order valence-corrected chi connectivity index (χ0v) is 22.4. The molecule has 0 aliphatic carbocycles. The second-order valence-corrected chi connectivity index (χ2v) is 9.55. The van der Waals surface area contributed by atoms with Gasteiger partial charge in [0, 0.05) is 35.5 Å². The fourth-order valence-corrected chi connectivity index (χ4v) is 4.65. The van der Waals surface area contributed by atoms with Crippen molar-refractivity contribution in [2.75, 3.05) is 33.1 Å². The maximum atomic E-state index is 12.2. The molecule has 1 heterocycles. The van der Waals surface area contributed by atoms with Gasteiger partial charge in [0.05, 0.1) is 25.6 Å². The van der Waals surface area contributed by atoms with Gasteiger partial charge in [0.25, 0.3) is 5.91 Å². The molecule has 37 heavy (non-hydrogen) atoms. The van der Waals surface area contributed by atoms with Gasteiger partial charge in [0.1, 0.15) is 17.2 Å². The Labute approximate surface area is 225 Å². The summed E-state index contributed by atoms with van der Waals surface area (Å²) in [6.45, 7) is 0.425. The highest BCUT2D eigenvalue weighted by molar-refractivity contribution is 7.99. The third-order valence-corrected chi connectivity index (χ3v) is 6.90. The zero-order valence-electron chi connectivity index (χ0n) is 20.9. The molecule has 4 aromatic rings. The topological polar surface area (TPSA) is 74.6 Å². The van der Waals surface area contributed by atoms with E-state index in [1.54, 1.807) is 50.2 Å². The molecule has 192 valence electrons. The number of nitrogens with one attached hydrogen (secondary N) is 1. The van der Waals surface area contributed by atoms with Crippen molar-refractivity contribution in [2.24, 2.45) is 7.05 Å². The summed E-state index contributed by atoms with van der Waals surface area (Å²) in [5.74, 6) is 2.65. The van der Waals surface area contributed by atoms with Crippen LogP contribution in [0.25, 0.3) is 22.5 Å². The third kappa shape index (κ3) is 6.78. The highest BCUT2D eigenvalue weighted by atomic mass is 35.5. The molecule has 0 saturated heterocycles. The number of ether oxygens (including phenoxy) is 3. The van der Waals surface area contributed by atoms with E-state index < -0.39 is 0 Å². The smallest absolute Gasteiger partial charge is 0.257 e. The maximum absolute atomic E-state index is 12.2. The molecule has 0 spiro atoms. The molecule has 9 heteroatoms. The fraction of sp³-hybridized carbons (Fsp3) is 0.214. The molecule has 0 unspecified atom stereocenters. The molecule has 7 nitrogen and oxygen atoms in total. The number of imidazole rings is 1. The minimum Gasteiger partial charge on any atom is -0.497 e. The molecule has 1 amide bonds. The van der Waals surface area contributed by atoms with E-state index in [1.807, 2.05) is 55.6 Å². The predicted molar refractivity (Wildman–Crippen MR) is 148 cm³/mol. The Morgan fingerprint density at radius 2 is 1.46 bits per heavy atom. The van der Waals surface area contributed by atoms with Gasteiger partial charge < -0.3 is 24.1 Å². The summed E-state index contributed by atoms with van der Waals surface area (Å²) in [6.07, 6.45) is 0. The summed E-state index contributed by atoms with van der Waals surface area (Å²) in [6, 6.07) is 22.7. The first-order chi connectivity index (χ1) is 18.0. The van der Waals surface area contributed by atoms with E-state index in [0.717, 1.165) is 39.2 Å². The van der Waals surface area contributed by atoms with Gasteiger partial charge in [-0.15, -0.1) is 0 Å². The van der Waals surface area contributed by atoms with Crippen LogP contribution in [0.1, 0.15) is 0 Å². The van der Waals surface area contributed by atoms with Gasteiger partial charge in [-0.3, -0.25) is 4.79 Å². The fourth-order valence-electron chi connectivity index (χ4n) is 3.70. The molecule has 4 rings (SSSR count). The van der Waals surface area contributed by atoms with E-state index in [0.29, 0.717) is 23.1 Å². The Bertz CT molecular complexity index is 1320. The van der Waals surface area contributed by atoms with Crippen LogP contribution in [0, 0.1) is 0 Å². The van der Waals surface area contributed by atoms with E-state index in [2.05, 4.69) is 9.88 Å². The van der Waals surface area contributed by atoms with Gasteiger partial charge in [0.15, 0.2) is 11.8 Å². The molecule has 1 aromatic heterocycles. The van der Waals surface area contributed by atoms with Crippen LogP contribution in [0.5, 0.6) is 17.2 Å². The molecule has 1 N–H and O–H groups in total. The van der Waals surface area contributed by atoms with Crippen molar-refractivity contribution in [3.8, 4) is 39.8 Å². The van der Waals surface area contributed by atoms with Crippen LogP contribution in [0.2, 0.25) is 5.02 Å². The number of carbonyl (C=O) groups is 1. The average molecular weight is 538 g/mol. The summed E-state index contributed by atoms with van der Waals surface area (Å²) in [5, 5.41) is 4.36. The van der Waals surface area contributed by atoms with E-state index in [1.165, 1.54) is 0 Å². The normalized spacial score (nSPS) is 10.7. The van der Waals surface area contributed by atoms with Crippen LogP contribution in [-0.4, -0.2) is 48.6 Å². The third-order valence-electron chi connectivity index (χ3n) is 5.62. The highest BCUT2D eigenvalue weighted by Gasteiger charge is 2.19. The van der Waals surface area contributed by atoms with Crippen molar-refractivity contribution in [2.45, 2.75) is 5.16 Å². The summed E-state index contributed by atoms with van der Waals surface area (Å²) >= 11 is 7.45. The van der Waals surface area contributed by atoms with Crippen LogP contribution >= 0.6 is 23.4 Å². The molecule has 3 aromatic carbocycles. The standard InChI is InChI=1S/C28H28ClN3O4S/c1-32-27(20-6-12-23(35-3)13-7-20)26(19-4-10-22(34-2)11-5-19)31-28(32)37-17-16-30-25(33)18-36-24-14-8-21(29)9-15-24/h4-15H,16-18H2,1-3H3,(H,30,33). The lowest BCUT2D eigenvalue weighted by molar-refractivity contribution is -0.122. The molecule has 0 aliphatic heterocycles. The minimum atomic E-state index is -0.187.